The predicted octanol–water partition coefficient (Wildman–Crippen LogP) is 2.92. The zero-order chi connectivity index (χ0) is 15.3. The Hall–Kier alpha value is -0.610. The van der Waals surface area contributed by atoms with Crippen LogP contribution in [0.25, 0.3) is 0 Å². The lowest BCUT2D eigenvalue weighted by Gasteiger charge is -2.25. The average molecular weight is 296 g/mol. The second kappa shape index (κ2) is 7.59. The summed E-state index contributed by atoms with van der Waals surface area (Å²) in [6.45, 7) is 8.82. The van der Waals surface area contributed by atoms with E-state index in [1.165, 1.54) is 12.8 Å². The van der Waals surface area contributed by atoms with Crippen LogP contribution in [0.3, 0.4) is 0 Å². The molecule has 0 aromatic heterocycles. The summed E-state index contributed by atoms with van der Waals surface area (Å²) in [6, 6.07) is 0. The summed E-state index contributed by atoms with van der Waals surface area (Å²) >= 11 is 0. The number of carbonyl (C=O) groups is 1. The number of nitrogens with one attached hydrogen (secondary N) is 1. The van der Waals surface area contributed by atoms with E-state index in [1.54, 1.807) is 0 Å². The monoisotopic (exact) mass is 296 g/mol. The first-order valence-electron chi connectivity index (χ1n) is 8.75. The Balaban J connectivity index is 1.92. The summed E-state index contributed by atoms with van der Waals surface area (Å²) in [5.74, 6) is 0.917. The number of nitrogens with zero attached hydrogens (tertiary/aromatic N) is 1. The first-order valence-corrected chi connectivity index (χ1v) is 8.75. The third-order valence-corrected chi connectivity index (χ3v) is 4.76. The molecule has 0 bridgehead atoms. The Labute approximate surface area is 129 Å². The zero-order valence-corrected chi connectivity index (χ0v) is 14.0. The fraction of sp³-hybridized carbons (Fsp3) is 0.941. The largest absolute Gasteiger partial charge is 0.380 e. The fourth-order valence-corrected chi connectivity index (χ4v) is 3.61. The summed E-state index contributed by atoms with van der Waals surface area (Å²) in [7, 11) is 0. The molecular formula is C17H32N2O2. The molecule has 0 radical (unpaired) electrons. The van der Waals surface area contributed by atoms with Crippen molar-refractivity contribution in [3.63, 3.8) is 0 Å². The molecule has 122 valence electrons. The van der Waals surface area contributed by atoms with E-state index in [0.29, 0.717) is 18.4 Å². The molecule has 0 aromatic rings. The number of rotatable bonds is 8. The summed E-state index contributed by atoms with van der Waals surface area (Å²) < 4.78 is 5.67. The molecule has 2 aliphatic rings. The normalized spacial score (nSPS) is 24.7. The third kappa shape index (κ3) is 3.98. The fourth-order valence-electron chi connectivity index (χ4n) is 3.61. The average Bonchev–Trinajstić information content (AvgIpc) is 2.99. The molecule has 1 aliphatic carbocycles. The van der Waals surface area contributed by atoms with Gasteiger partial charge in [0.25, 0.3) is 0 Å². The lowest BCUT2D eigenvalue weighted by molar-refractivity contribution is -0.134. The molecule has 1 saturated carbocycles. The summed E-state index contributed by atoms with van der Waals surface area (Å²) in [4.78, 5) is 14.9. The lowest BCUT2D eigenvalue weighted by Crippen LogP contribution is -2.44. The molecule has 4 heteroatoms. The van der Waals surface area contributed by atoms with Gasteiger partial charge in [0.1, 0.15) is 0 Å². The van der Waals surface area contributed by atoms with Crippen LogP contribution in [0.5, 0.6) is 0 Å². The van der Waals surface area contributed by atoms with Crippen molar-refractivity contribution >= 4 is 5.91 Å². The van der Waals surface area contributed by atoms with Crippen molar-refractivity contribution in [1.29, 1.82) is 0 Å². The minimum absolute atomic E-state index is 0.199. The molecule has 1 amide bonds. The predicted molar refractivity (Wildman–Crippen MR) is 85.0 cm³/mol. The van der Waals surface area contributed by atoms with Crippen LogP contribution in [0.4, 0.5) is 0 Å². The maximum atomic E-state index is 12.8. The van der Waals surface area contributed by atoms with Gasteiger partial charge in [-0.2, -0.15) is 0 Å². The van der Waals surface area contributed by atoms with Crippen LogP contribution in [0, 0.1) is 5.92 Å². The van der Waals surface area contributed by atoms with Crippen LogP contribution in [0.1, 0.15) is 65.7 Å². The highest BCUT2D eigenvalue weighted by molar-refractivity contribution is 5.89. The van der Waals surface area contributed by atoms with E-state index in [2.05, 4.69) is 31.0 Å². The Bertz CT molecular complexity index is 338. The highest BCUT2D eigenvalue weighted by Crippen LogP contribution is 2.37. The Kier molecular flexibility index (Phi) is 6.06. The number of unbranched alkanes of at least 4 members (excludes halogenated alkanes) is 1. The molecule has 2 rings (SSSR count). The Morgan fingerprint density at radius 1 is 1.33 bits per heavy atom. The van der Waals surface area contributed by atoms with Gasteiger partial charge in [0.05, 0.1) is 18.3 Å². The van der Waals surface area contributed by atoms with E-state index in [4.69, 9.17) is 4.74 Å². The number of ether oxygens (including phenoxy) is 1. The van der Waals surface area contributed by atoms with E-state index in [0.717, 1.165) is 45.3 Å². The molecule has 21 heavy (non-hydrogen) atoms. The SMILES string of the molecule is CCCCOCCN1C(=O)C2(CCCC2)NC1CC(C)C. The van der Waals surface area contributed by atoms with Gasteiger partial charge in [0.15, 0.2) is 0 Å². The van der Waals surface area contributed by atoms with Crippen molar-refractivity contribution in [2.75, 3.05) is 19.8 Å². The van der Waals surface area contributed by atoms with E-state index in [9.17, 15) is 4.79 Å². The van der Waals surface area contributed by atoms with Crippen molar-refractivity contribution in [2.24, 2.45) is 5.92 Å². The van der Waals surface area contributed by atoms with Crippen LogP contribution in [-0.4, -0.2) is 42.3 Å². The van der Waals surface area contributed by atoms with E-state index in [1.807, 2.05) is 0 Å². The van der Waals surface area contributed by atoms with Crippen LogP contribution < -0.4 is 5.32 Å². The summed E-state index contributed by atoms with van der Waals surface area (Å²) in [5.41, 5.74) is -0.247. The molecule has 1 unspecified atom stereocenters. The van der Waals surface area contributed by atoms with Gasteiger partial charge in [-0.05, 0) is 31.6 Å². The Morgan fingerprint density at radius 2 is 2.05 bits per heavy atom. The van der Waals surface area contributed by atoms with Crippen molar-refractivity contribution < 1.29 is 9.53 Å². The highest BCUT2D eigenvalue weighted by atomic mass is 16.5. The molecule has 1 spiro atoms. The number of hydrogen-bond donors (Lipinski definition) is 1. The van der Waals surface area contributed by atoms with E-state index < -0.39 is 0 Å². The van der Waals surface area contributed by atoms with E-state index >= 15 is 0 Å². The minimum Gasteiger partial charge on any atom is -0.380 e. The van der Waals surface area contributed by atoms with Crippen LogP contribution in [0.2, 0.25) is 0 Å². The smallest absolute Gasteiger partial charge is 0.244 e. The maximum absolute atomic E-state index is 12.8. The molecular weight excluding hydrogens is 264 g/mol. The van der Waals surface area contributed by atoms with Gasteiger partial charge in [-0.3, -0.25) is 10.1 Å². The first-order chi connectivity index (χ1) is 10.1. The van der Waals surface area contributed by atoms with Crippen molar-refractivity contribution in [1.82, 2.24) is 10.2 Å². The highest BCUT2D eigenvalue weighted by Gasteiger charge is 2.51. The van der Waals surface area contributed by atoms with Gasteiger partial charge in [-0.25, -0.2) is 0 Å². The maximum Gasteiger partial charge on any atom is 0.244 e. The van der Waals surface area contributed by atoms with Gasteiger partial charge in [-0.1, -0.05) is 40.0 Å². The molecule has 4 nitrogen and oxygen atoms in total. The number of carbonyl (C=O) groups excluding carboxylic acids is 1. The molecule has 1 atom stereocenters. The third-order valence-electron chi connectivity index (χ3n) is 4.76. The van der Waals surface area contributed by atoms with Gasteiger partial charge >= 0.3 is 0 Å². The lowest BCUT2D eigenvalue weighted by atomic mass is 9.98. The van der Waals surface area contributed by atoms with Crippen molar-refractivity contribution in [3.8, 4) is 0 Å². The first kappa shape index (κ1) is 16.8. The van der Waals surface area contributed by atoms with Gasteiger partial charge in [0, 0.05) is 13.2 Å². The quantitative estimate of drug-likeness (QED) is 0.700. The van der Waals surface area contributed by atoms with Crippen molar-refractivity contribution in [3.05, 3.63) is 0 Å². The summed E-state index contributed by atoms with van der Waals surface area (Å²) in [5, 5.41) is 3.67. The molecule has 1 aliphatic heterocycles. The van der Waals surface area contributed by atoms with Crippen molar-refractivity contribution in [2.45, 2.75) is 77.4 Å². The van der Waals surface area contributed by atoms with Gasteiger partial charge in [0.2, 0.25) is 5.91 Å². The topological polar surface area (TPSA) is 41.6 Å². The summed E-state index contributed by atoms with van der Waals surface area (Å²) in [6.07, 6.45) is 7.85. The molecule has 1 saturated heterocycles. The number of amides is 1. The second-order valence-corrected chi connectivity index (χ2v) is 7.04. The van der Waals surface area contributed by atoms with Gasteiger partial charge in [-0.15, -0.1) is 0 Å². The number of hydrogen-bond acceptors (Lipinski definition) is 3. The van der Waals surface area contributed by atoms with E-state index in [-0.39, 0.29) is 11.7 Å². The van der Waals surface area contributed by atoms with Crippen LogP contribution >= 0.6 is 0 Å². The standard InChI is InChI=1S/C17H32N2O2/c1-4-5-11-21-12-10-19-15(13-14(2)3)18-17(16(19)20)8-6-7-9-17/h14-15,18H,4-13H2,1-3H3. The molecule has 0 aromatic carbocycles. The van der Waals surface area contributed by atoms with Crippen LogP contribution in [0.15, 0.2) is 0 Å². The zero-order valence-electron chi connectivity index (χ0n) is 14.0. The molecule has 1 heterocycles. The molecule has 1 N–H and O–H groups in total. The second-order valence-electron chi connectivity index (χ2n) is 7.04. The van der Waals surface area contributed by atoms with Gasteiger partial charge < -0.3 is 9.64 Å². The minimum atomic E-state index is -0.247. The van der Waals surface area contributed by atoms with Crippen LogP contribution in [-0.2, 0) is 9.53 Å². The molecule has 2 fully saturated rings. The Morgan fingerprint density at radius 3 is 2.67 bits per heavy atom.